The molecule has 0 saturated carbocycles. The van der Waals surface area contributed by atoms with Crippen molar-refractivity contribution < 1.29 is 9.53 Å². The molecule has 4 heteroatoms. The van der Waals surface area contributed by atoms with Gasteiger partial charge in [0.15, 0.2) is 0 Å². The average Bonchev–Trinajstić information content (AvgIpc) is 3.25. The largest absolute Gasteiger partial charge is 0.449 e. The van der Waals surface area contributed by atoms with Gasteiger partial charge in [0.05, 0.1) is 6.54 Å². The van der Waals surface area contributed by atoms with Crippen LogP contribution < -0.4 is 5.32 Å². The average molecular weight is 373 g/mol. The lowest BCUT2D eigenvalue weighted by atomic mass is 9.98. The first-order chi connectivity index (χ1) is 13.2. The van der Waals surface area contributed by atoms with Crippen molar-refractivity contribution in [2.24, 2.45) is 0 Å². The first kappa shape index (κ1) is 17.4. The molecular weight excluding hydrogens is 354 g/mol. The Morgan fingerprint density at radius 1 is 1.07 bits per heavy atom. The van der Waals surface area contributed by atoms with Crippen LogP contribution >= 0.6 is 11.3 Å². The van der Waals surface area contributed by atoms with E-state index >= 15 is 0 Å². The maximum absolute atomic E-state index is 12.1. The van der Waals surface area contributed by atoms with E-state index in [2.05, 4.69) is 41.4 Å². The molecule has 1 aliphatic carbocycles. The van der Waals surface area contributed by atoms with E-state index in [1.165, 1.54) is 27.1 Å². The predicted octanol–water partition coefficient (Wildman–Crippen LogP) is 4.95. The van der Waals surface area contributed by atoms with E-state index < -0.39 is 6.09 Å². The molecule has 1 aliphatic rings. The van der Waals surface area contributed by atoms with Crippen LogP contribution in [0.4, 0.5) is 4.79 Å². The molecule has 1 amide bonds. The number of carbonyl (C=O) groups is 1. The van der Waals surface area contributed by atoms with Crippen molar-refractivity contribution in [3.63, 3.8) is 0 Å². The van der Waals surface area contributed by atoms with Crippen molar-refractivity contribution in [3.05, 3.63) is 81.5 Å². The molecule has 0 fully saturated rings. The van der Waals surface area contributed by atoms with E-state index in [1.54, 1.807) is 11.3 Å². The number of alkyl carbamates (subject to hydrolysis) is 1. The van der Waals surface area contributed by atoms with E-state index in [0.717, 1.165) is 5.56 Å². The lowest BCUT2D eigenvalue weighted by Gasteiger charge is -2.14. The van der Waals surface area contributed by atoms with Crippen LogP contribution in [0.3, 0.4) is 0 Å². The van der Waals surface area contributed by atoms with E-state index in [0.29, 0.717) is 6.61 Å². The normalized spacial score (nSPS) is 11.9. The van der Waals surface area contributed by atoms with Gasteiger partial charge in [-0.2, -0.15) is 0 Å². The van der Waals surface area contributed by atoms with Crippen LogP contribution in [-0.4, -0.2) is 19.2 Å². The van der Waals surface area contributed by atoms with Gasteiger partial charge in [-0.25, -0.2) is 4.79 Å². The molecule has 1 heterocycles. The SMILES string of the molecule is Cc1sccc1C#CCNC(=O)OCC1c2ccccc2-c2ccccc21. The number of ether oxygens (including phenoxy) is 1. The van der Waals surface area contributed by atoms with Gasteiger partial charge in [-0.05, 0) is 40.6 Å². The topological polar surface area (TPSA) is 38.3 Å². The molecule has 1 N–H and O–H groups in total. The molecule has 0 saturated heterocycles. The van der Waals surface area contributed by atoms with Crippen LogP contribution in [0.5, 0.6) is 0 Å². The van der Waals surface area contributed by atoms with Gasteiger partial charge in [0.1, 0.15) is 6.61 Å². The zero-order valence-corrected chi connectivity index (χ0v) is 15.8. The minimum Gasteiger partial charge on any atom is -0.449 e. The molecule has 0 unspecified atom stereocenters. The van der Waals surface area contributed by atoms with E-state index in [4.69, 9.17) is 4.74 Å². The molecule has 134 valence electrons. The number of hydrogen-bond acceptors (Lipinski definition) is 3. The maximum Gasteiger partial charge on any atom is 0.407 e. The third-order valence-electron chi connectivity index (χ3n) is 4.75. The van der Waals surface area contributed by atoms with E-state index in [-0.39, 0.29) is 12.5 Å². The van der Waals surface area contributed by atoms with Gasteiger partial charge in [-0.3, -0.25) is 0 Å². The quantitative estimate of drug-likeness (QED) is 0.660. The summed E-state index contributed by atoms with van der Waals surface area (Å²) in [5, 5.41) is 4.72. The highest BCUT2D eigenvalue weighted by atomic mass is 32.1. The lowest BCUT2D eigenvalue weighted by Crippen LogP contribution is -2.26. The molecular formula is C23H19NO2S. The molecule has 0 aliphatic heterocycles. The van der Waals surface area contributed by atoms with Gasteiger partial charge >= 0.3 is 6.09 Å². The summed E-state index contributed by atoms with van der Waals surface area (Å²) < 4.78 is 5.48. The van der Waals surface area contributed by atoms with Gasteiger partial charge in [0.25, 0.3) is 0 Å². The molecule has 27 heavy (non-hydrogen) atoms. The third kappa shape index (κ3) is 3.60. The summed E-state index contributed by atoms with van der Waals surface area (Å²) in [5.74, 6) is 6.10. The van der Waals surface area contributed by atoms with Gasteiger partial charge in [0.2, 0.25) is 0 Å². The van der Waals surface area contributed by atoms with Crippen molar-refractivity contribution in [1.82, 2.24) is 5.32 Å². The van der Waals surface area contributed by atoms with Gasteiger partial charge < -0.3 is 10.1 Å². The Labute approximate surface area is 163 Å². The first-order valence-electron chi connectivity index (χ1n) is 8.86. The number of carbonyl (C=O) groups excluding carboxylic acids is 1. The fraction of sp³-hybridized carbons (Fsp3) is 0.174. The number of rotatable bonds is 3. The number of thiophene rings is 1. The summed E-state index contributed by atoms with van der Waals surface area (Å²) >= 11 is 1.67. The third-order valence-corrected chi connectivity index (χ3v) is 5.59. The zero-order valence-electron chi connectivity index (χ0n) is 15.0. The smallest absolute Gasteiger partial charge is 0.407 e. The van der Waals surface area contributed by atoms with E-state index in [9.17, 15) is 4.79 Å². The highest BCUT2D eigenvalue weighted by Gasteiger charge is 2.28. The molecule has 3 aromatic rings. The number of benzene rings is 2. The fourth-order valence-electron chi connectivity index (χ4n) is 3.42. The molecule has 2 aromatic carbocycles. The molecule has 3 nitrogen and oxygen atoms in total. The van der Waals surface area contributed by atoms with E-state index in [1.807, 2.05) is 42.6 Å². The molecule has 0 radical (unpaired) electrons. The summed E-state index contributed by atoms with van der Waals surface area (Å²) in [4.78, 5) is 13.2. The Bertz CT molecular complexity index is 996. The Kier molecular flexibility index (Phi) is 4.95. The summed E-state index contributed by atoms with van der Waals surface area (Å²) in [6.45, 7) is 2.62. The monoisotopic (exact) mass is 373 g/mol. The Morgan fingerprint density at radius 2 is 1.74 bits per heavy atom. The van der Waals surface area contributed by atoms with Crippen LogP contribution in [-0.2, 0) is 4.74 Å². The van der Waals surface area contributed by atoms with Crippen LogP contribution in [0, 0.1) is 18.8 Å². The minimum atomic E-state index is -0.437. The second-order valence-corrected chi connectivity index (χ2v) is 7.49. The summed E-state index contributed by atoms with van der Waals surface area (Å²) in [6.07, 6.45) is -0.437. The van der Waals surface area contributed by atoms with Crippen molar-refractivity contribution in [2.75, 3.05) is 13.2 Å². The second-order valence-electron chi connectivity index (χ2n) is 6.37. The fourth-order valence-corrected chi connectivity index (χ4v) is 4.07. The molecule has 0 bridgehead atoms. The summed E-state index contributed by atoms with van der Waals surface area (Å²) in [7, 11) is 0. The molecule has 0 spiro atoms. The number of amides is 1. The van der Waals surface area contributed by atoms with Crippen molar-refractivity contribution in [2.45, 2.75) is 12.8 Å². The van der Waals surface area contributed by atoms with Crippen LogP contribution in [0.25, 0.3) is 11.1 Å². The van der Waals surface area contributed by atoms with Gasteiger partial charge in [-0.15, -0.1) is 11.3 Å². The second kappa shape index (κ2) is 7.69. The number of hydrogen-bond donors (Lipinski definition) is 1. The molecule has 4 rings (SSSR count). The highest BCUT2D eigenvalue weighted by molar-refractivity contribution is 7.10. The van der Waals surface area contributed by atoms with Gasteiger partial charge in [-0.1, -0.05) is 60.4 Å². The molecule has 1 aromatic heterocycles. The minimum absolute atomic E-state index is 0.0719. The first-order valence-corrected chi connectivity index (χ1v) is 9.74. The Balaban J connectivity index is 1.37. The summed E-state index contributed by atoms with van der Waals surface area (Å²) in [6, 6.07) is 18.6. The highest BCUT2D eigenvalue weighted by Crippen LogP contribution is 2.44. The number of fused-ring (bicyclic) bond motifs is 3. The number of aryl methyl sites for hydroxylation is 1. The van der Waals surface area contributed by atoms with Gasteiger partial charge in [0, 0.05) is 16.4 Å². The van der Waals surface area contributed by atoms with Crippen LogP contribution in [0.1, 0.15) is 27.5 Å². The maximum atomic E-state index is 12.1. The molecule has 0 atom stereocenters. The summed E-state index contributed by atoms with van der Waals surface area (Å²) in [5.41, 5.74) is 5.87. The predicted molar refractivity (Wildman–Crippen MR) is 109 cm³/mol. The Morgan fingerprint density at radius 3 is 2.37 bits per heavy atom. The zero-order chi connectivity index (χ0) is 18.6. The van der Waals surface area contributed by atoms with Crippen molar-refractivity contribution in [1.29, 1.82) is 0 Å². The van der Waals surface area contributed by atoms with Crippen LogP contribution in [0.15, 0.2) is 60.0 Å². The van der Waals surface area contributed by atoms with Crippen molar-refractivity contribution in [3.8, 4) is 23.0 Å². The van der Waals surface area contributed by atoms with Crippen molar-refractivity contribution >= 4 is 17.4 Å². The number of nitrogens with one attached hydrogen (secondary N) is 1. The lowest BCUT2D eigenvalue weighted by molar-refractivity contribution is 0.144. The standard InChI is InChI=1S/C23H19NO2S/c1-16-17(12-14-27-16)7-6-13-24-23(25)26-15-22-20-10-4-2-8-18(20)19-9-3-5-11-21(19)22/h2-5,8-12,14,22H,13,15H2,1H3,(H,24,25). The Hall–Kier alpha value is -3.03. The van der Waals surface area contributed by atoms with Crippen LogP contribution in [0.2, 0.25) is 0 Å².